The largest absolute Gasteiger partial charge is 0.480 e. The molecule has 0 saturated heterocycles. The molecule has 1 amide bonds. The van der Waals surface area contributed by atoms with E-state index in [0.717, 1.165) is 0 Å². The molecule has 20 heavy (non-hydrogen) atoms. The van der Waals surface area contributed by atoms with Gasteiger partial charge in [-0.3, -0.25) is 4.79 Å². The zero-order valence-electron chi connectivity index (χ0n) is 11.6. The molecule has 0 aliphatic heterocycles. The molecule has 2 N–H and O–H groups in total. The van der Waals surface area contributed by atoms with Crippen molar-refractivity contribution in [2.24, 2.45) is 5.41 Å². The Bertz CT molecular complexity index is 651. The number of benzene rings is 1. The Morgan fingerprint density at radius 1 is 1.25 bits per heavy atom. The van der Waals surface area contributed by atoms with Gasteiger partial charge < -0.3 is 14.8 Å². The SMILES string of the molecule is CC(C)(C)[C@H](NC(=O)c1coc2ccccc12)C(=O)O. The van der Waals surface area contributed by atoms with Crippen molar-refractivity contribution in [1.82, 2.24) is 5.32 Å². The van der Waals surface area contributed by atoms with Gasteiger partial charge in [0.1, 0.15) is 17.9 Å². The van der Waals surface area contributed by atoms with Crippen molar-refractivity contribution in [3.05, 3.63) is 36.1 Å². The van der Waals surface area contributed by atoms with Crippen molar-refractivity contribution in [2.75, 3.05) is 0 Å². The number of aliphatic carboxylic acids is 1. The van der Waals surface area contributed by atoms with Gasteiger partial charge in [0.05, 0.1) is 5.56 Å². The number of hydrogen-bond acceptors (Lipinski definition) is 3. The van der Waals surface area contributed by atoms with Crippen LogP contribution >= 0.6 is 0 Å². The Hall–Kier alpha value is -2.30. The molecule has 2 aromatic rings. The summed E-state index contributed by atoms with van der Waals surface area (Å²) in [6.07, 6.45) is 1.35. The maximum absolute atomic E-state index is 12.2. The van der Waals surface area contributed by atoms with Crippen LogP contribution in [0.4, 0.5) is 0 Å². The maximum Gasteiger partial charge on any atom is 0.326 e. The summed E-state index contributed by atoms with van der Waals surface area (Å²) in [6.45, 7) is 5.29. The molecule has 1 aromatic heterocycles. The molecule has 0 bridgehead atoms. The number of amides is 1. The normalized spacial score (nSPS) is 13.2. The molecule has 1 atom stereocenters. The highest BCUT2D eigenvalue weighted by Crippen LogP contribution is 2.23. The summed E-state index contributed by atoms with van der Waals surface area (Å²) in [7, 11) is 0. The average molecular weight is 275 g/mol. The molecule has 5 nitrogen and oxygen atoms in total. The number of furan rings is 1. The fourth-order valence-corrected chi connectivity index (χ4v) is 2.01. The zero-order chi connectivity index (χ0) is 14.9. The van der Waals surface area contributed by atoms with E-state index < -0.39 is 23.3 Å². The second-order valence-electron chi connectivity index (χ2n) is 5.76. The predicted octanol–water partition coefficient (Wildman–Crippen LogP) is 2.66. The van der Waals surface area contributed by atoms with Gasteiger partial charge in [0.25, 0.3) is 5.91 Å². The van der Waals surface area contributed by atoms with E-state index in [9.17, 15) is 14.7 Å². The van der Waals surface area contributed by atoms with Crippen molar-refractivity contribution in [3.8, 4) is 0 Å². The number of rotatable bonds is 3. The van der Waals surface area contributed by atoms with Crippen molar-refractivity contribution in [3.63, 3.8) is 0 Å². The highest BCUT2D eigenvalue weighted by Gasteiger charge is 2.33. The standard InChI is InChI=1S/C15H17NO4/c1-15(2,3)12(14(18)19)16-13(17)10-8-20-11-7-5-4-6-9(10)11/h4-8,12H,1-3H3,(H,16,17)(H,18,19)/t12-/m1/s1. The number of hydrogen-bond donors (Lipinski definition) is 2. The summed E-state index contributed by atoms with van der Waals surface area (Å²) in [5.41, 5.74) is 0.359. The summed E-state index contributed by atoms with van der Waals surface area (Å²) in [5, 5.41) is 12.5. The predicted molar refractivity (Wildman–Crippen MR) is 74.6 cm³/mol. The highest BCUT2D eigenvalue weighted by molar-refractivity contribution is 6.06. The molecule has 5 heteroatoms. The summed E-state index contributed by atoms with van der Waals surface area (Å²) in [6, 6.07) is 6.16. The Morgan fingerprint density at radius 3 is 2.50 bits per heavy atom. The van der Waals surface area contributed by atoms with Gasteiger partial charge in [0.2, 0.25) is 0 Å². The van der Waals surface area contributed by atoms with Crippen LogP contribution in [-0.4, -0.2) is 23.0 Å². The minimum absolute atomic E-state index is 0.344. The van der Waals surface area contributed by atoms with Crippen LogP contribution in [0, 0.1) is 5.41 Å². The van der Waals surface area contributed by atoms with Gasteiger partial charge >= 0.3 is 5.97 Å². The fraction of sp³-hybridized carbons (Fsp3) is 0.333. The van der Waals surface area contributed by atoms with E-state index in [-0.39, 0.29) is 0 Å². The number of nitrogens with one attached hydrogen (secondary N) is 1. The quantitative estimate of drug-likeness (QED) is 0.902. The van der Waals surface area contributed by atoms with E-state index in [4.69, 9.17) is 4.42 Å². The molecule has 0 spiro atoms. The lowest BCUT2D eigenvalue weighted by molar-refractivity contribution is -0.142. The molecule has 1 heterocycles. The molecular weight excluding hydrogens is 258 g/mol. The molecule has 0 radical (unpaired) electrons. The first-order chi connectivity index (χ1) is 9.30. The summed E-state index contributed by atoms with van der Waals surface area (Å²) < 4.78 is 5.29. The van der Waals surface area contributed by atoms with Crippen LogP contribution < -0.4 is 5.32 Å². The van der Waals surface area contributed by atoms with Gasteiger partial charge in [-0.15, -0.1) is 0 Å². The van der Waals surface area contributed by atoms with E-state index in [1.807, 2.05) is 6.07 Å². The van der Waals surface area contributed by atoms with Gasteiger partial charge in [-0.05, 0) is 11.5 Å². The molecule has 0 unspecified atom stereocenters. The Balaban J connectivity index is 2.30. The van der Waals surface area contributed by atoms with Gasteiger partial charge in [0.15, 0.2) is 0 Å². The van der Waals surface area contributed by atoms with Gasteiger partial charge in [-0.25, -0.2) is 4.79 Å². The number of carbonyl (C=O) groups is 2. The third-order valence-electron chi connectivity index (χ3n) is 3.11. The molecule has 0 aliphatic carbocycles. The van der Waals surface area contributed by atoms with E-state index in [0.29, 0.717) is 16.5 Å². The summed E-state index contributed by atoms with van der Waals surface area (Å²) >= 11 is 0. The molecule has 0 saturated carbocycles. The minimum Gasteiger partial charge on any atom is -0.480 e. The van der Waals surface area contributed by atoms with E-state index in [2.05, 4.69) is 5.32 Å². The third-order valence-corrected chi connectivity index (χ3v) is 3.11. The van der Waals surface area contributed by atoms with Crippen LogP contribution in [0.15, 0.2) is 34.9 Å². The van der Waals surface area contributed by atoms with Crippen molar-refractivity contribution < 1.29 is 19.1 Å². The Labute approximate surface area is 116 Å². The van der Waals surface area contributed by atoms with Crippen LogP contribution in [0.3, 0.4) is 0 Å². The maximum atomic E-state index is 12.2. The van der Waals surface area contributed by atoms with Crippen LogP contribution in [0.2, 0.25) is 0 Å². The molecule has 106 valence electrons. The van der Waals surface area contributed by atoms with Gasteiger partial charge in [0, 0.05) is 5.39 Å². The van der Waals surface area contributed by atoms with Crippen LogP contribution in [0.25, 0.3) is 11.0 Å². The Morgan fingerprint density at radius 2 is 1.90 bits per heavy atom. The second kappa shape index (κ2) is 5.00. The number of carboxylic acid groups (broad SMARTS) is 1. The topological polar surface area (TPSA) is 79.5 Å². The van der Waals surface area contributed by atoms with Crippen molar-refractivity contribution in [2.45, 2.75) is 26.8 Å². The number of para-hydroxylation sites is 1. The van der Waals surface area contributed by atoms with Crippen molar-refractivity contribution in [1.29, 1.82) is 0 Å². The first-order valence-corrected chi connectivity index (χ1v) is 6.30. The van der Waals surface area contributed by atoms with Gasteiger partial charge in [-0.2, -0.15) is 0 Å². The molecule has 0 fully saturated rings. The van der Waals surface area contributed by atoms with E-state index in [1.165, 1.54) is 6.26 Å². The monoisotopic (exact) mass is 275 g/mol. The number of carbonyl (C=O) groups excluding carboxylic acids is 1. The van der Waals surface area contributed by atoms with Crippen LogP contribution in [0.5, 0.6) is 0 Å². The first kappa shape index (κ1) is 14.1. The van der Waals surface area contributed by atoms with E-state index >= 15 is 0 Å². The minimum atomic E-state index is -1.06. The summed E-state index contributed by atoms with van der Waals surface area (Å²) in [5.74, 6) is -1.50. The zero-order valence-corrected chi connectivity index (χ0v) is 11.6. The Kier molecular flexibility index (Phi) is 3.53. The molecular formula is C15H17NO4. The van der Waals surface area contributed by atoms with E-state index in [1.54, 1.807) is 39.0 Å². The number of carboxylic acids is 1. The lowest BCUT2D eigenvalue weighted by Gasteiger charge is -2.27. The molecule has 2 rings (SSSR count). The smallest absolute Gasteiger partial charge is 0.326 e. The van der Waals surface area contributed by atoms with Gasteiger partial charge in [-0.1, -0.05) is 39.0 Å². The van der Waals surface area contributed by atoms with Crippen molar-refractivity contribution >= 4 is 22.8 Å². The molecule has 0 aliphatic rings. The summed E-state index contributed by atoms with van der Waals surface area (Å²) in [4.78, 5) is 23.5. The lowest BCUT2D eigenvalue weighted by Crippen LogP contribution is -2.49. The first-order valence-electron chi connectivity index (χ1n) is 6.30. The third kappa shape index (κ3) is 2.66. The fourth-order valence-electron chi connectivity index (χ4n) is 2.01. The molecule has 1 aromatic carbocycles. The lowest BCUT2D eigenvalue weighted by atomic mass is 9.86. The van der Waals surface area contributed by atoms with Crippen LogP contribution in [0.1, 0.15) is 31.1 Å². The van der Waals surface area contributed by atoms with Crippen LogP contribution in [-0.2, 0) is 4.79 Å². The average Bonchev–Trinajstić information content (AvgIpc) is 2.77. The number of fused-ring (bicyclic) bond motifs is 1. The second-order valence-corrected chi connectivity index (χ2v) is 5.76. The highest BCUT2D eigenvalue weighted by atomic mass is 16.4.